The van der Waals surface area contributed by atoms with Crippen LogP contribution in [0.5, 0.6) is 0 Å². The number of amides is 1. The van der Waals surface area contributed by atoms with Crippen molar-refractivity contribution in [2.75, 3.05) is 11.1 Å². The fourth-order valence-corrected chi connectivity index (χ4v) is 3.87. The number of rotatable bonds is 5. The van der Waals surface area contributed by atoms with Gasteiger partial charge in [-0.25, -0.2) is 0 Å². The number of primary amides is 1. The largest absolute Gasteiger partial charge is 0.397 e. The van der Waals surface area contributed by atoms with Gasteiger partial charge in [0, 0.05) is 16.3 Å². The predicted octanol–water partition coefficient (Wildman–Crippen LogP) is 4.67. The first-order valence-electron chi connectivity index (χ1n) is 8.14. The Labute approximate surface area is 166 Å². The Morgan fingerprint density at radius 1 is 1.07 bits per heavy atom. The molecule has 1 heterocycles. The van der Waals surface area contributed by atoms with Gasteiger partial charge in [0.2, 0.25) is 5.78 Å². The molecule has 1 amide bonds. The number of halogens is 1. The second-order valence-corrected chi connectivity index (χ2v) is 7.63. The van der Waals surface area contributed by atoms with E-state index in [-0.39, 0.29) is 21.9 Å². The van der Waals surface area contributed by atoms with Crippen LogP contribution in [0.1, 0.15) is 36.7 Å². The molecule has 0 aliphatic rings. The Balaban J connectivity index is 2.03. The van der Waals surface area contributed by atoms with Crippen LogP contribution in [0.3, 0.4) is 0 Å². The van der Waals surface area contributed by atoms with E-state index in [1.807, 2.05) is 38.1 Å². The molecule has 0 spiro atoms. The predicted molar refractivity (Wildman–Crippen MR) is 111 cm³/mol. The van der Waals surface area contributed by atoms with E-state index in [1.54, 1.807) is 18.2 Å². The van der Waals surface area contributed by atoms with E-state index in [0.717, 1.165) is 22.5 Å². The molecule has 3 aromatic rings. The van der Waals surface area contributed by atoms with Crippen molar-refractivity contribution < 1.29 is 9.59 Å². The van der Waals surface area contributed by atoms with E-state index in [9.17, 15) is 9.59 Å². The highest BCUT2D eigenvalue weighted by Gasteiger charge is 2.25. The maximum atomic E-state index is 12.8. The zero-order valence-corrected chi connectivity index (χ0v) is 16.4. The lowest BCUT2D eigenvalue weighted by Gasteiger charge is -2.07. The summed E-state index contributed by atoms with van der Waals surface area (Å²) in [6.07, 6.45) is 0. The van der Waals surface area contributed by atoms with Crippen LogP contribution in [0.25, 0.3) is 0 Å². The second kappa shape index (κ2) is 7.42. The molecule has 5 nitrogen and oxygen atoms in total. The van der Waals surface area contributed by atoms with Crippen LogP contribution in [0.15, 0.2) is 42.5 Å². The molecule has 0 radical (unpaired) electrons. The number of thiophene rings is 1. The van der Waals surface area contributed by atoms with Crippen LogP contribution in [-0.2, 0) is 0 Å². The summed E-state index contributed by atoms with van der Waals surface area (Å²) >= 11 is 7.25. The summed E-state index contributed by atoms with van der Waals surface area (Å²) in [7, 11) is 0. The van der Waals surface area contributed by atoms with Crippen molar-refractivity contribution in [1.82, 2.24) is 0 Å². The highest BCUT2D eigenvalue weighted by atomic mass is 35.5. The van der Waals surface area contributed by atoms with Gasteiger partial charge in [-0.1, -0.05) is 47.5 Å². The van der Waals surface area contributed by atoms with Gasteiger partial charge < -0.3 is 16.8 Å². The zero-order chi connectivity index (χ0) is 19.7. The molecule has 2 aromatic carbocycles. The van der Waals surface area contributed by atoms with Crippen molar-refractivity contribution in [2.24, 2.45) is 5.73 Å². The summed E-state index contributed by atoms with van der Waals surface area (Å²) in [6, 6.07) is 12.6. The smallest absolute Gasteiger partial charge is 0.253 e. The van der Waals surface area contributed by atoms with Crippen molar-refractivity contribution in [1.29, 1.82) is 0 Å². The van der Waals surface area contributed by atoms with Gasteiger partial charge in [0.1, 0.15) is 9.88 Å². The molecule has 0 fully saturated rings. The van der Waals surface area contributed by atoms with Crippen LogP contribution in [0.4, 0.5) is 16.4 Å². The van der Waals surface area contributed by atoms with Crippen molar-refractivity contribution in [2.45, 2.75) is 13.8 Å². The molecule has 7 heteroatoms. The number of carbonyl (C=O) groups is 2. The first-order valence-corrected chi connectivity index (χ1v) is 9.34. The van der Waals surface area contributed by atoms with Crippen LogP contribution >= 0.6 is 22.9 Å². The van der Waals surface area contributed by atoms with Gasteiger partial charge in [-0.15, -0.1) is 11.3 Å². The number of hydrogen-bond acceptors (Lipinski definition) is 5. The third-order valence-electron chi connectivity index (χ3n) is 4.14. The van der Waals surface area contributed by atoms with Gasteiger partial charge in [0.15, 0.2) is 0 Å². The monoisotopic (exact) mass is 399 g/mol. The minimum Gasteiger partial charge on any atom is -0.397 e. The van der Waals surface area contributed by atoms with E-state index in [2.05, 4.69) is 5.32 Å². The molecule has 0 saturated carbocycles. The third-order valence-corrected chi connectivity index (χ3v) is 5.67. The number of hydrogen-bond donors (Lipinski definition) is 3. The Morgan fingerprint density at radius 2 is 1.74 bits per heavy atom. The maximum Gasteiger partial charge on any atom is 0.253 e. The fourth-order valence-electron chi connectivity index (χ4n) is 2.58. The molecule has 3 rings (SSSR count). The molecule has 0 saturated heterocycles. The van der Waals surface area contributed by atoms with Gasteiger partial charge in [0.05, 0.1) is 11.3 Å². The summed E-state index contributed by atoms with van der Waals surface area (Å²) in [5.74, 6) is -0.956. The third kappa shape index (κ3) is 3.82. The van der Waals surface area contributed by atoms with Crippen LogP contribution in [0, 0.1) is 13.8 Å². The van der Waals surface area contributed by atoms with Gasteiger partial charge in [-0.3, -0.25) is 9.59 Å². The van der Waals surface area contributed by atoms with E-state index >= 15 is 0 Å². The van der Waals surface area contributed by atoms with Crippen molar-refractivity contribution in [3.05, 3.63) is 74.6 Å². The molecule has 1 aromatic heterocycles. The first kappa shape index (κ1) is 18.9. The molecular formula is C20H18ClN3O2S. The first-order chi connectivity index (χ1) is 12.8. The van der Waals surface area contributed by atoms with Gasteiger partial charge in [0.25, 0.3) is 5.91 Å². The Bertz CT molecular complexity index is 1040. The number of carbonyl (C=O) groups excluding carboxylic acids is 2. The summed E-state index contributed by atoms with van der Waals surface area (Å²) in [5.41, 5.74) is 14.9. The molecule has 27 heavy (non-hydrogen) atoms. The molecule has 0 aliphatic heterocycles. The van der Waals surface area contributed by atoms with Crippen LogP contribution in [0.2, 0.25) is 5.02 Å². The number of benzene rings is 2. The summed E-state index contributed by atoms with van der Waals surface area (Å²) in [4.78, 5) is 25.1. The number of nitrogen functional groups attached to an aromatic ring is 1. The second-order valence-electron chi connectivity index (χ2n) is 6.20. The van der Waals surface area contributed by atoms with E-state index < -0.39 is 5.91 Å². The molecule has 0 aliphatic carbocycles. The molecular weight excluding hydrogens is 382 g/mol. The lowest BCUT2D eigenvalue weighted by atomic mass is 10.1. The van der Waals surface area contributed by atoms with Crippen molar-refractivity contribution >= 4 is 51.0 Å². The van der Waals surface area contributed by atoms with Gasteiger partial charge >= 0.3 is 0 Å². The number of anilines is 3. The standard InChI is InChI=1S/C20H18ClN3O2S/c1-10-3-6-12(7-4-10)17(25)18-16(22)15(19(23)26)20(27-18)24-13-8-5-11(2)14(21)9-13/h3-9,24H,22H2,1-2H3,(H2,23,26). The lowest BCUT2D eigenvalue weighted by molar-refractivity contribution is 0.100. The molecule has 0 unspecified atom stereocenters. The number of aryl methyl sites for hydroxylation is 2. The summed E-state index contributed by atoms with van der Waals surface area (Å²) in [6.45, 7) is 3.83. The van der Waals surface area contributed by atoms with Crippen molar-refractivity contribution in [3.8, 4) is 0 Å². The molecule has 5 N–H and O–H groups in total. The average molecular weight is 400 g/mol. The number of ketones is 1. The number of nitrogens with one attached hydrogen (secondary N) is 1. The van der Waals surface area contributed by atoms with Crippen LogP contribution in [-0.4, -0.2) is 11.7 Å². The molecule has 0 bridgehead atoms. The zero-order valence-electron chi connectivity index (χ0n) is 14.8. The van der Waals surface area contributed by atoms with E-state index in [1.165, 1.54) is 0 Å². The summed E-state index contributed by atoms with van der Waals surface area (Å²) < 4.78 is 0. The minimum atomic E-state index is -0.701. The highest BCUT2D eigenvalue weighted by molar-refractivity contribution is 7.19. The molecule has 0 atom stereocenters. The maximum absolute atomic E-state index is 12.8. The Hall–Kier alpha value is -2.83. The molecule has 138 valence electrons. The van der Waals surface area contributed by atoms with E-state index in [4.69, 9.17) is 23.1 Å². The SMILES string of the molecule is Cc1ccc(C(=O)c2sc(Nc3ccc(C)c(Cl)c3)c(C(N)=O)c2N)cc1. The fraction of sp³-hybridized carbons (Fsp3) is 0.100. The van der Waals surface area contributed by atoms with Gasteiger partial charge in [-0.05, 0) is 31.5 Å². The van der Waals surface area contributed by atoms with Gasteiger partial charge in [-0.2, -0.15) is 0 Å². The van der Waals surface area contributed by atoms with Crippen molar-refractivity contribution in [3.63, 3.8) is 0 Å². The summed E-state index contributed by atoms with van der Waals surface area (Å²) in [5, 5.41) is 4.10. The quantitative estimate of drug-likeness (QED) is 0.542. The average Bonchev–Trinajstić information content (AvgIpc) is 2.94. The van der Waals surface area contributed by atoms with Crippen LogP contribution < -0.4 is 16.8 Å². The lowest BCUT2D eigenvalue weighted by Crippen LogP contribution is -2.14. The Morgan fingerprint density at radius 3 is 2.33 bits per heavy atom. The van der Waals surface area contributed by atoms with E-state index in [0.29, 0.717) is 21.3 Å². The minimum absolute atomic E-state index is 0.0822. The topological polar surface area (TPSA) is 98.2 Å². The Kier molecular flexibility index (Phi) is 5.21. The number of nitrogens with two attached hydrogens (primary N) is 2. The highest BCUT2D eigenvalue weighted by Crippen LogP contribution is 2.39. The normalized spacial score (nSPS) is 10.6.